The SMILES string of the molecule is CN(CC(=O)N[C@@H]1CCN(Cc2ccccc2)C1)Cc1ccc(Cl)cc1Cl. The number of likely N-dealkylation sites (N-methyl/N-ethyl adjacent to an activating group) is 1. The highest BCUT2D eigenvalue weighted by Crippen LogP contribution is 2.22. The summed E-state index contributed by atoms with van der Waals surface area (Å²) in [6.07, 6.45) is 0.991. The van der Waals surface area contributed by atoms with Crippen LogP contribution in [0.25, 0.3) is 0 Å². The molecule has 3 rings (SSSR count). The van der Waals surface area contributed by atoms with Gasteiger partial charge >= 0.3 is 0 Å². The van der Waals surface area contributed by atoms with Crippen LogP contribution in [-0.4, -0.2) is 48.4 Å². The third-order valence-corrected chi connectivity index (χ3v) is 5.34. The second kappa shape index (κ2) is 9.56. The molecule has 1 N–H and O–H groups in total. The zero-order chi connectivity index (χ0) is 19.2. The Bertz CT molecular complexity index is 769. The Morgan fingerprint density at radius 2 is 2.00 bits per heavy atom. The fraction of sp³-hybridized carbons (Fsp3) is 0.381. The van der Waals surface area contributed by atoms with Crippen LogP contribution < -0.4 is 5.32 Å². The number of halogens is 2. The summed E-state index contributed by atoms with van der Waals surface area (Å²) >= 11 is 12.1. The minimum atomic E-state index is 0.0501. The number of rotatable bonds is 7. The highest BCUT2D eigenvalue weighted by atomic mass is 35.5. The third kappa shape index (κ3) is 6.22. The average Bonchev–Trinajstić information content (AvgIpc) is 3.05. The van der Waals surface area contributed by atoms with Gasteiger partial charge in [0, 0.05) is 42.3 Å². The van der Waals surface area contributed by atoms with E-state index < -0.39 is 0 Å². The number of hydrogen-bond donors (Lipinski definition) is 1. The van der Waals surface area contributed by atoms with Crippen molar-refractivity contribution in [2.75, 3.05) is 26.7 Å². The Balaban J connectivity index is 1.42. The largest absolute Gasteiger partial charge is 0.351 e. The van der Waals surface area contributed by atoms with Crippen molar-refractivity contribution < 1.29 is 4.79 Å². The molecule has 0 bridgehead atoms. The maximum Gasteiger partial charge on any atom is 0.234 e. The summed E-state index contributed by atoms with van der Waals surface area (Å²) in [6, 6.07) is 16.1. The van der Waals surface area contributed by atoms with Crippen molar-refractivity contribution in [2.45, 2.75) is 25.6 Å². The summed E-state index contributed by atoms with van der Waals surface area (Å²) in [4.78, 5) is 16.7. The van der Waals surface area contributed by atoms with Crippen LogP contribution in [0.4, 0.5) is 0 Å². The second-order valence-corrected chi connectivity index (χ2v) is 8.03. The number of likely N-dealkylation sites (tertiary alicyclic amines) is 1. The molecule has 0 aromatic heterocycles. The van der Waals surface area contributed by atoms with Crippen LogP contribution in [0.1, 0.15) is 17.5 Å². The van der Waals surface area contributed by atoms with Gasteiger partial charge in [0.2, 0.25) is 5.91 Å². The van der Waals surface area contributed by atoms with Crippen LogP contribution in [0.5, 0.6) is 0 Å². The number of carbonyl (C=O) groups excluding carboxylic acids is 1. The second-order valence-electron chi connectivity index (χ2n) is 7.18. The Hall–Kier alpha value is -1.59. The zero-order valence-corrected chi connectivity index (χ0v) is 17.0. The van der Waals surface area contributed by atoms with Crippen molar-refractivity contribution in [1.82, 2.24) is 15.1 Å². The molecule has 27 heavy (non-hydrogen) atoms. The van der Waals surface area contributed by atoms with E-state index in [9.17, 15) is 4.79 Å². The van der Waals surface area contributed by atoms with E-state index >= 15 is 0 Å². The molecule has 2 aromatic carbocycles. The summed E-state index contributed by atoms with van der Waals surface area (Å²) < 4.78 is 0. The monoisotopic (exact) mass is 405 g/mol. The van der Waals surface area contributed by atoms with Crippen molar-refractivity contribution in [1.29, 1.82) is 0 Å². The van der Waals surface area contributed by atoms with Crippen LogP contribution in [0.3, 0.4) is 0 Å². The van der Waals surface area contributed by atoms with Crippen molar-refractivity contribution in [3.63, 3.8) is 0 Å². The van der Waals surface area contributed by atoms with Gasteiger partial charge in [-0.2, -0.15) is 0 Å². The van der Waals surface area contributed by atoms with Gasteiger partial charge in [-0.05, 0) is 36.7 Å². The first-order valence-electron chi connectivity index (χ1n) is 9.17. The fourth-order valence-electron chi connectivity index (χ4n) is 3.45. The lowest BCUT2D eigenvalue weighted by molar-refractivity contribution is -0.122. The molecule has 1 aliphatic heterocycles. The lowest BCUT2D eigenvalue weighted by Gasteiger charge is -2.20. The number of amides is 1. The minimum Gasteiger partial charge on any atom is -0.351 e. The third-order valence-electron chi connectivity index (χ3n) is 4.76. The van der Waals surface area contributed by atoms with Gasteiger partial charge in [-0.1, -0.05) is 59.6 Å². The zero-order valence-electron chi connectivity index (χ0n) is 15.5. The molecule has 1 heterocycles. The molecule has 1 atom stereocenters. The standard InChI is InChI=1S/C21H25Cl2N3O/c1-25(13-17-7-8-18(22)11-20(17)23)15-21(27)24-19-9-10-26(14-19)12-16-5-3-2-4-6-16/h2-8,11,19H,9-10,12-15H2,1H3,(H,24,27)/t19-/m1/s1. The Morgan fingerprint density at radius 3 is 2.74 bits per heavy atom. The molecular formula is C21H25Cl2N3O. The predicted octanol–water partition coefficient (Wildman–Crippen LogP) is 3.82. The van der Waals surface area contributed by atoms with E-state index in [0.717, 1.165) is 31.6 Å². The smallest absolute Gasteiger partial charge is 0.234 e. The molecular weight excluding hydrogens is 381 g/mol. The van der Waals surface area contributed by atoms with E-state index in [4.69, 9.17) is 23.2 Å². The molecule has 1 fully saturated rings. The average molecular weight is 406 g/mol. The molecule has 0 radical (unpaired) electrons. The van der Waals surface area contributed by atoms with Gasteiger partial charge in [0.25, 0.3) is 0 Å². The van der Waals surface area contributed by atoms with E-state index in [2.05, 4.69) is 34.5 Å². The van der Waals surface area contributed by atoms with Crippen LogP contribution in [-0.2, 0) is 17.9 Å². The number of carbonyl (C=O) groups is 1. The van der Waals surface area contributed by atoms with Gasteiger partial charge in [-0.3, -0.25) is 14.6 Å². The highest BCUT2D eigenvalue weighted by molar-refractivity contribution is 6.35. The van der Waals surface area contributed by atoms with Crippen molar-refractivity contribution >= 4 is 29.1 Å². The normalized spacial score (nSPS) is 17.4. The number of hydrogen-bond acceptors (Lipinski definition) is 3. The quantitative estimate of drug-likeness (QED) is 0.760. The number of nitrogens with one attached hydrogen (secondary N) is 1. The molecule has 144 valence electrons. The van der Waals surface area contributed by atoms with Crippen molar-refractivity contribution in [3.8, 4) is 0 Å². The number of nitrogens with zero attached hydrogens (tertiary/aromatic N) is 2. The van der Waals surface area contributed by atoms with Crippen LogP contribution in [0, 0.1) is 0 Å². The summed E-state index contributed by atoms with van der Waals surface area (Å²) in [5, 5.41) is 4.40. The first-order valence-corrected chi connectivity index (χ1v) is 9.93. The summed E-state index contributed by atoms with van der Waals surface area (Å²) in [6.45, 7) is 3.79. The lowest BCUT2D eigenvalue weighted by Crippen LogP contribution is -2.42. The van der Waals surface area contributed by atoms with Gasteiger partial charge in [0.1, 0.15) is 0 Å². The van der Waals surface area contributed by atoms with Crippen molar-refractivity contribution in [3.05, 3.63) is 69.7 Å². The van der Waals surface area contributed by atoms with Gasteiger partial charge in [0.15, 0.2) is 0 Å². The molecule has 1 saturated heterocycles. The van der Waals surface area contributed by atoms with Crippen LogP contribution in [0.2, 0.25) is 10.0 Å². The summed E-state index contributed by atoms with van der Waals surface area (Å²) in [5.41, 5.74) is 2.27. The molecule has 0 saturated carbocycles. The fourth-order valence-corrected chi connectivity index (χ4v) is 3.92. The predicted molar refractivity (Wildman–Crippen MR) is 111 cm³/mol. The van der Waals surface area contributed by atoms with Gasteiger partial charge in [-0.25, -0.2) is 0 Å². The Kier molecular flexibility index (Phi) is 7.13. The molecule has 0 unspecified atom stereocenters. The first kappa shape index (κ1) is 20.2. The topological polar surface area (TPSA) is 35.6 Å². The van der Waals surface area contributed by atoms with Crippen LogP contribution >= 0.6 is 23.2 Å². The van der Waals surface area contributed by atoms with E-state index in [-0.39, 0.29) is 11.9 Å². The van der Waals surface area contributed by atoms with E-state index in [1.807, 2.05) is 30.1 Å². The van der Waals surface area contributed by atoms with Gasteiger partial charge in [0.05, 0.1) is 6.54 Å². The molecule has 0 spiro atoms. The molecule has 6 heteroatoms. The maximum absolute atomic E-state index is 12.4. The molecule has 4 nitrogen and oxygen atoms in total. The molecule has 2 aromatic rings. The minimum absolute atomic E-state index is 0.0501. The summed E-state index contributed by atoms with van der Waals surface area (Å²) in [7, 11) is 1.92. The van der Waals surface area contributed by atoms with Gasteiger partial charge < -0.3 is 5.32 Å². The Morgan fingerprint density at radius 1 is 1.22 bits per heavy atom. The van der Waals surface area contributed by atoms with E-state index in [1.54, 1.807) is 6.07 Å². The molecule has 0 aliphatic carbocycles. The first-order chi connectivity index (χ1) is 13.0. The van der Waals surface area contributed by atoms with E-state index in [0.29, 0.717) is 23.1 Å². The maximum atomic E-state index is 12.4. The molecule has 1 amide bonds. The van der Waals surface area contributed by atoms with Gasteiger partial charge in [-0.15, -0.1) is 0 Å². The Labute approximate surface area is 171 Å². The number of benzene rings is 2. The highest BCUT2D eigenvalue weighted by Gasteiger charge is 2.24. The van der Waals surface area contributed by atoms with E-state index in [1.165, 1.54) is 5.56 Å². The lowest BCUT2D eigenvalue weighted by atomic mass is 10.2. The van der Waals surface area contributed by atoms with Crippen LogP contribution in [0.15, 0.2) is 48.5 Å². The summed E-state index contributed by atoms with van der Waals surface area (Å²) in [5.74, 6) is 0.0501. The van der Waals surface area contributed by atoms with Crippen molar-refractivity contribution in [2.24, 2.45) is 0 Å². The molecule has 1 aliphatic rings.